The molecule has 0 bridgehead atoms. The standard InChI is InChI=1S/C21H16ClF2N5O5S/c1-3-34-21(30)19-16-8-25-13(9-28(16)10-27-19)17-12(23)4-5-14(18(17)24)29(35(31)32)15-6-11(22)7-26-20(15)33-2/h4-10,35H,3H2,1-2H3. The highest BCUT2D eigenvalue weighted by Crippen LogP contribution is 2.39. The van der Waals surface area contributed by atoms with Crippen LogP contribution in [0.1, 0.15) is 17.4 Å². The first-order valence-corrected chi connectivity index (χ1v) is 11.4. The zero-order valence-corrected chi connectivity index (χ0v) is 19.8. The Hall–Kier alpha value is -3.84. The van der Waals surface area contributed by atoms with Gasteiger partial charge in [-0.05, 0) is 25.1 Å². The number of halogens is 3. The maximum Gasteiger partial charge on any atom is 0.359 e. The number of hydrogen-bond acceptors (Lipinski definition) is 8. The zero-order valence-electron chi connectivity index (χ0n) is 18.1. The van der Waals surface area contributed by atoms with Gasteiger partial charge in [0, 0.05) is 12.4 Å². The monoisotopic (exact) mass is 523 g/mol. The van der Waals surface area contributed by atoms with Crippen LogP contribution < -0.4 is 9.04 Å². The van der Waals surface area contributed by atoms with Crippen molar-refractivity contribution < 1.29 is 31.5 Å². The van der Waals surface area contributed by atoms with E-state index in [1.54, 1.807) is 6.92 Å². The lowest BCUT2D eigenvalue weighted by molar-refractivity contribution is 0.0522. The van der Waals surface area contributed by atoms with Crippen LogP contribution in [0.2, 0.25) is 5.02 Å². The van der Waals surface area contributed by atoms with Crippen LogP contribution in [0, 0.1) is 11.6 Å². The summed E-state index contributed by atoms with van der Waals surface area (Å²) >= 11 is 5.95. The molecule has 14 heteroatoms. The summed E-state index contributed by atoms with van der Waals surface area (Å²) in [6, 6.07) is 3.07. The molecule has 0 unspecified atom stereocenters. The van der Waals surface area contributed by atoms with E-state index in [2.05, 4.69) is 15.0 Å². The summed E-state index contributed by atoms with van der Waals surface area (Å²) in [5.41, 5.74) is -1.24. The first-order chi connectivity index (χ1) is 16.8. The van der Waals surface area contributed by atoms with E-state index in [1.807, 2.05) is 0 Å². The molecule has 3 aromatic heterocycles. The van der Waals surface area contributed by atoms with Gasteiger partial charge >= 0.3 is 5.97 Å². The molecule has 0 spiro atoms. The summed E-state index contributed by atoms with van der Waals surface area (Å²) in [6.07, 6.45) is 4.94. The molecule has 1 aromatic carbocycles. The van der Waals surface area contributed by atoms with Crippen molar-refractivity contribution in [3.63, 3.8) is 0 Å². The second kappa shape index (κ2) is 9.80. The molecule has 0 aliphatic heterocycles. The summed E-state index contributed by atoms with van der Waals surface area (Å²) in [5, 5.41) is 0.0648. The summed E-state index contributed by atoms with van der Waals surface area (Å²) in [7, 11) is -2.24. The molecule has 0 aliphatic carbocycles. The third kappa shape index (κ3) is 4.47. The Morgan fingerprint density at radius 2 is 1.94 bits per heavy atom. The highest BCUT2D eigenvalue weighted by molar-refractivity contribution is 7.74. The molecule has 0 atom stereocenters. The molecule has 0 saturated carbocycles. The smallest absolute Gasteiger partial charge is 0.359 e. The lowest BCUT2D eigenvalue weighted by atomic mass is 10.1. The van der Waals surface area contributed by atoms with Crippen LogP contribution >= 0.6 is 11.6 Å². The molecule has 0 fully saturated rings. The molecule has 182 valence electrons. The number of pyridine rings is 1. The quantitative estimate of drug-likeness (QED) is 0.289. The van der Waals surface area contributed by atoms with Gasteiger partial charge in [0.25, 0.3) is 0 Å². The minimum Gasteiger partial charge on any atom is -0.479 e. The van der Waals surface area contributed by atoms with E-state index >= 15 is 4.39 Å². The lowest BCUT2D eigenvalue weighted by Crippen LogP contribution is -2.18. The number of ether oxygens (including phenoxy) is 2. The molecular weight excluding hydrogens is 508 g/mol. The predicted octanol–water partition coefficient (Wildman–Crippen LogP) is 3.57. The van der Waals surface area contributed by atoms with E-state index < -0.39 is 39.7 Å². The van der Waals surface area contributed by atoms with Crippen LogP contribution in [0.15, 0.2) is 43.1 Å². The number of benzene rings is 1. The molecule has 4 rings (SSSR count). The highest BCUT2D eigenvalue weighted by atomic mass is 35.5. The van der Waals surface area contributed by atoms with Crippen molar-refractivity contribution in [2.24, 2.45) is 0 Å². The number of anilines is 2. The topological polar surface area (TPSA) is 116 Å². The number of nitrogens with zero attached hydrogens (tertiary/aromatic N) is 5. The minimum absolute atomic E-state index is 0.0179. The Labute approximate surface area is 203 Å². The van der Waals surface area contributed by atoms with E-state index in [9.17, 15) is 17.6 Å². The van der Waals surface area contributed by atoms with Gasteiger partial charge in [-0.3, -0.25) is 4.98 Å². The number of hydrogen-bond donors (Lipinski definition) is 1. The average Bonchev–Trinajstić information content (AvgIpc) is 3.24. The SMILES string of the molecule is CCOC(=O)c1ncn2cc(-c3c(F)ccc(N(c4cc(Cl)cnc4OC)[SH](=O)=O)c3F)ncc12. The van der Waals surface area contributed by atoms with Gasteiger partial charge in [-0.15, -0.1) is 0 Å². The van der Waals surface area contributed by atoms with E-state index in [0.29, 0.717) is 4.31 Å². The van der Waals surface area contributed by atoms with Gasteiger partial charge in [-0.25, -0.2) is 36.3 Å². The van der Waals surface area contributed by atoms with Crippen LogP contribution in [0.5, 0.6) is 5.88 Å². The highest BCUT2D eigenvalue weighted by Gasteiger charge is 2.26. The number of aromatic nitrogens is 4. The van der Waals surface area contributed by atoms with Gasteiger partial charge in [0.15, 0.2) is 11.5 Å². The Bertz CT molecular complexity index is 1520. The van der Waals surface area contributed by atoms with Gasteiger partial charge in [-0.1, -0.05) is 11.6 Å². The van der Waals surface area contributed by atoms with Crippen molar-refractivity contribution in [1.82, 2.24) is 19.4 Å². The van der Waals surface area contributed by atoms with Crippen LogP contribution in [0.4, 0.5) is 20.2 Å². The average molecular weight is 524 g/mol. The zero-order chi connectivity index (χ0) is 25.3. The maximum absolute atomic E-state index is 15.7. The fraction of sp³-hybridized carbons (Fsp3) is 0.143. The summed E-state index contributed by atoms with van der Waals surface area (Å²) in [5.74, 6) is -3.05. The number of methoxy groups -OCH3 is 1. The molecule has 4 aromatic rings. The van der Waals surface area contributed by atoms with Crippen molar-refractivity contribution in [2.45, 2.75) is 6.92 Å². The number of carbonyl (C=O) groups is 1. The Balaban J connectivity index is 1.87. The number of fused-ring (bicyclic) bond motifs is 1. The van der Waals surface area contributed by atoms with Crippen LogP contribution in [0.3, 0.4) is 0 Å². The van der Waals surface area contributed by atoms with Gasteiger partial charge in [-0.2, -0.15) is 0 Å². The molecule has 35 heavy (non-hydrogen) atoms. The van der Waals surface area contributed by atoms with E-state index in [1.165, 1.54) is 42.5 Å². The summed E-state index contributed by atoms with van der Waals surface area (Å²) < 4.78 is 66.8. The number of esters is 1. The third-order valence-electron chi connectivity index (χ3n) is 4.83. The lowest BCUT2D eigenvalue weighted by Gasteiger charge is -2.21. The number of carbonyl (C=O) groups excluding carboxylic acids is 1. The minimum atomic E-state index is -3.49. The largest absolute Gasteiger partial charge is 0.479 e. The van der Waals surface area contributed by atoms with E-state index in [-0.39, 0.29) is 40.1 Å². The molecule has 0 N–H and O–H groups in total. The van der Waals surface area contributed by atoms with Crippen molar-refractivity contribution in [2.75, 3.05) is 18.0 Å². The fourth-order valence-corrected chi connectivity index (χ4v) is 4.16. The Morgan fingerprint density at radius 1 is 1.17 bits per heavy atom. The Morgan fingerprint density at radius 3 is 2.63 bits per heavy atom. The molecule has 0 saturated heterocycles. The first kappa shape index (κ1) is 24.3. The van der Waals surface area contributed by atoms with E-state index in [4.69, 9.17) is 21.1 Å². The van der Waals surface area contributed by atoms with Gasteiger partial charge in [0.05, 0.1) is 47.4 Å². The van der Waals surface area contributed by atoms with Crippen LogP contribution in [-0.4, -0.2) is 47.5 Å². The Kier molecular flexibility index (Phi) is 6.80. The molecule has 0 aliphatic rings. The van der Waals surface area contributed by atoms with E-state index in [0.717, 1.165) is 12.1 Å². The number of imidazole rings is 1. The molecule has 0 radical (unpaired) electrons. The predicted molar refractivity (Wildman–Crippen MR) is 123 cm³/mol. The second-order valence-electron chi connectivity index (χ2n) is 6.87. The third-order valence-corrected chi connectivity index (χ3v) is 5.79. The number of thiol groups is 1. The normalized spacial score (nSPS) is 11.1. The number of rotatable bonds is 7. The van der Waals surface area contributed by atoms with Crippen molar-refractivity contribution in [3.05, 3.63) is 65.5 Å². The van der Waals surface area contributed by atoms with Crippen LogP contribution in [-0.2, 0) is 15.6 Å². The second-order valence-corrected chi connectivity index (χ2v) is 8.18. The first-order valence-electron chi connectivity index (χ1n) is 9.89. The van der Waals surface area contributed by atoms with Crippen molar-refractivity contribution >= 4 is 45.4 Å². The van der Waals surface area contributed by atoms with Gasteiger partial charge in [0.2, 0.25) is 16.8 Å². The summed E-state index contributed by atoms with van der Waals surface area (Å²) in [4.78, 5) is 24.0. The molecular formula is C21H16ClF2N5O5S. The van der Waals surface area contributed by atoms with Gasteiger partial charge in [0.1, 0.15) is 17.8 Å². The van der Waals surface area contributed by atoms with Crippen molar-refractivity contribution in [1.29, 1.82) is 0 Å². The van der Waals surface area contributed by atoms with Crippen molar-refractivity contribution in [3.8, 4) is 17.1 Å². The fourth-order valence-electron chi connectivity index (χ4n) is 3.35. The summed E-state index contributed by atoms with van der Waals surface area (Å²) in [6.45, 7) is 1.77. The van der Waals surface area contributed by atoms with Crippen LogP contribution in [0.25, 0.3) is 16.8 Å². The van der Waals surface area contributed by atoms with Gasteiger partial charge < -0.3 is 13.9 Å². The molecule has 10 nitrogen and oxygen atoms in total. The maximum atomic E-state index is 15.7. The molecule has 3 heterocycles. The molecule has 0 amide bonds.